The van der Waals surface area contributed by atoms with Gasteiger partial charge in [-0.3, -0.25) is 0 Å². The molecule has 11 heteroatoms. The maximum atomic E-state index is 12.7. The normalized spacial score (nSPS) is 18.7. The zero-order valence-electron chi connectivity index (χ0n) is 23.7. The molecule has 0 atom stereocenters. The molecule has 2 N–H and O–H groups in total. The van der Waals surface area contributed by atoms with Crippen molar-refractivity contribution in [3.05, 3.63) is 45.1 Å². The second kappa shape index (κ2) is 14.1. The van der Waals surface area contributed by atoms with Gasteiger partial charge in [0, 0.05) is 73.5 Å². The Kier molecular flexibility index (Phi) is 11.0. The van der Waals surface area contributed by atoms with E-state index in [0.717, 1.165) is 54.0 Å². The summed E-state index contributed by atoms with van der Waals surface area (Å²) in [6.45, 7) is 10.3. The molecule has 0 aliphatic carbocycles. The van der Waals surface area contributed by atoms with Crippen LogP contribution in [0.2, 0.25) is 10.0 Å². The first kappa shape index (κ1) is 31.4. The third-order valence-electron chi connectivity index (χ3n) is 8.57. The van der Waals surface area contributed by atoms with Gasteiger partial charge in [-0.05, 0) is 37.0 Å². The summed E-state index contributed by atoms with van der Waals surface area (Å²) in [6, 6.07) is 5.51. The van der Waals surface area contributed by atoms with E-state index in [1.54, 1.807) is 6.07 Å². The Morgan fingerprint density at radius 1 is 1.12 bits per heavy atom. The first-order chi connectivity index (χ1) is 18.8. The largest absolute Gasteiger partial charge is 1.00 e. The molecule has 2 amide bonds. The van der Waals surface area contributed by atoms with Gasteiger partial charge >= 0.3 is 6.03 Å². The molecule has 0 saturated carbocycles. The van der Waals surface area contributed by atoms with Gasteiger partial charge in [0.25, 0.3) is 0 Å². The van der Waals surface area contributed by atoms with E-state index < -0.39 is 0 Å². The highest BCUT2D eigenvalue weighted by atomic mass is 127. The van der Waals surface area contributed by atoms with Gasteiger partial charge in [0.15, 0.2) is 0 Å². The number of hydrogen-bond donors (Lipinski definition) is 2. The molecule has 2 fully saturated rings. The lowest BCUT2D eigenvalue weighted by molar-refractivity contribution is -0.901. The Morgan fingerprint density at radius 3 is 2.58 bits per heavy atom. The van der Waals surface area contributed by atoms with Crippen molar-refractivity contribution in [3.8, 4) is 0 Å². The zero-order chi connectivity index (χ0) is 27.4. The molecule has 3 aliphatic heterocycles. The quantitative estimate of drug-likeness (QED) is 0.327. The molecule has 3 aliphatic rings. The first-order valence-electron chi connectivity index (χ1n) is 14.5. The van der Waals surface area contributed by atoms with Gasteiger partial charge in [0.2, 0.25) is 5.95 Å². The summed E-state index contributed by atoms with van der Waals surface area (Å²) in [7, 11) is 2.43. The fourth-order valence-electron chi connectivity index (χ4n) is 6.27. The number of anilines is 2. The maximum Gasteiger partial charge on any atom is 0.317 e. The van der Waals surface area contributed by atoms with Crippen molar-refractivity contribution < 1.29 is 33.3 Å². The highest BCUT2D eigenvalue weighted by Crippen LogP contribution is 2.31. The van der Waals surface area contributed by atoms with Crippen molar-refractivity contribution in [3.63, 3.8) is 0 Å². The Hall–Kier alpha value is -1.56. The predicted molar refractivity (Wildman–Crippen MR) is 159 cm³/mol. The van der Waals surface area contributed by atoms with Crippen molar-refractivity contribution in [1.82, 2.24) is 20.2 Å². The van der Waals surface area contributed by atoms with Crippen molar-refractivity contribution >= 4 is 41.0 Å². The number of carbonyl (C=O) groups excluding carboxylic acids is 1. The van der Waals surface area contributed by atoms with Crippen molar-refractivity contribution in [1.29, 1.82) is 0 Å². The van der Waals surface area contributed by atoms with Crippen LogP contribution in [0, 0.1) is 5.92 Å². The van der Waals surface area contributed by atoms with Crippen molar-refractivity contribution in [2.75, 3.05) is 63.1 Å². The van der Waals surface area contributed by atoms with Crippen LogP contribution < -0.4 is 39.5 Å². The summed E-state index contributed by atoms with van der Waals surface area (Å²) in [6.07, 6.45) is 6.73. The monoisotopic (exact) mass is 701 g/mol. The van der Waals surface area contributed by atoms with Crippen LogP contribution in [0.3, 0.4) is 0 Å². The number of urea groups is 1. The minimum Gasteiger partial charge on any atom is -1.00 e. The number of carbonyl (C=O) groups is 1. The minimum atomic E-state index is -0.0327. The summed E-state index contributed by atoms with van der Waals surface area (Å²) < 4.78 is 1.24. The average Bonchev–Trinajstić information content (AvgIpc) is 3.36. The number of benzene rings is 1. The number of quaternary nitrogens is 1. The van der Waals surface area contributed by atoms with E-state index in [2.05, 4.69) is 29.5 Å². The third kappa shape index (κ3) is 7.63. The third-order valence-corrected chi connectivity index (χ3v) is 9.15. The van der Waals surface area contributed by atoms with Crippen LogP contribution in [0.1, 0.15) is 55.8 Å². The van der Waals surface area contributed by atoms with E-state index in [0.29, 0.717) is 42.6 Å². The number of nitrogens with zero attached hydrogens (tertiary/aromatic N) is 5. The molecular weight excluding hydrogens is 660 g/mol. The Morgan fingerprint density at radius 2 is 1.88 bits per heavy atom. The summed E-state index contributed by atoms with van der Waals surface area (Å²) in [5, 5.41) is 7.77. The summed E-state index contributed by atoms with van der Waals surface area (Å²) in [4.78, 5) is 27.0. The molecule has 0 bridgehead atoms. The number of hydrogen-bond acceptors (Lipinski definition) is 5. The molecule has 0 unspecified atom stereocenters. The Bertz CT molecular complexity index is 1170. The van der Waals surface area contributed by atoms with E-state index in [4.69, 9.17) is 33.2 Å². The topological polar surface area (TPSA) is 73.4 Å². The fraction of sp³-hybridized carbons (Fsp3) is 0.621. The van der Waals surface area contributed by atoms with Gasteiger partial charge in [-0.1, -0.05) is 36.2 Å². The summed E-state index contributed by atoms with van der Waals surface area (Å²) in [5.41, 5.74) is 2.97. The molecule has 4 heterocycles. The van der Waals surface area contributed by atoms with Crippen LogP contribution in [0.4, 0.5) is 16.6 Å². The fourth-order valence-corrected chi connectivity index (χ4v) is 6.75. The lowest BCUT2D eigenvalue weighted by atomic mass is 9.95. The molecule has 2 aromatic rings. The van der Waals surface area contributed by atoms with Crippen LogP contribution >= 0.6 is 23.2 Å². The summed E-state index contributed by atoms with van der Waals surface area (Å²) in [5.74, 6) is 2.34. The molecule has 220 valence electrons. The van der Waals surface area contributed by atoms with Gasteiger partial charge in [-0.25, -0.2) is 9.78 Å². The molecule has 1 aromatic carbocycles. The second-order valence-electron chi connectivity index (χ2n) is 11.7. The first-order valence-corrected chi connectivity index (χ1v) is 15.3. The van der Waals surface area contributed by atoms with Gasteiger partial charge in [0.1, 0.15) is 5.82 Å². The van der Waals surface area contributed by atoms with E-state index >= 15 is 0 Å². The van der Waals surface area contributed by atoms with Gasteiger partial charge < -0.3 is 48.9 Å². The number of likely N-dealkylation sites (tertiary alicyclic amines) is 1. The van der Waals surface area contributed by atoms with Crippen LogP contribution in [0.5, 0.6) is 0 Å². The van der Waals surface area contributed by atoms with Crippen LogP contribution in [0.15, 0.2) is 18.2 Å². The van der Waals surface area contributed by atoms with E-state index in [1.807, 2.05) is 17.0 Å². The highest BCUT2D eigenvalue weighted by Gasteiger charge is 2.33. The second-order valence-corrected chi connectivity index (χ2v) is 12.5. The van der Waals surface area contributed by atoms with Crippen molar-refractivity contribution in [2.24, 2.45) is 5.92 Å². The Labute approximate surface area is 265 Å². The molecule has 0 radical (unpaired) electrons. The lowest BCUT2D eigenvalue weighted by Crippen LogP contribution is -3.00. The molecule has 2 saturated heterocycles. The average molecular weight is 703 g/mol. The van der Waals surface area contributed by atoms with E-state index in [1.165, 1.54) is 49.8 Å². The number of nitrogens with one attached hydrogen (secondary N) is 2. The Balaban J connectivity index is 0.00000370. The number of halogens is 3. The summed E-state index contributed by atoms with van der Waals surface area (Å²) >= 11 is 12.6. The number of aromatic nitrogens is 2. The molecule has 5 rings (SSSR count). The predicted octanol–water partition coefficient (Wildman–Crippen LogP) is 2.33. The van der Waals surface area contributed by atoms with Gasteiger partial charge in [0.05, 0.1) is 38.9 Å². The molecule has 8 nitrogen and oxygen atoms in total. The molecule has 40 heavy (non-hydrogen) atoms. The highest BCUT2D eigenvalue weighted by molar-refractivity contribution is 6.35. The van der Waals surface area contributed by atoms with Crippen LogP contribution in [0.25, 0.3) is 0 Å². The smallest absolute Gasteiger partial charge is 0.317 e. The number of amides is 2. The van der Waals surface area contributed by atoms with Crippen molar-refractivity contribution in [2.45, 2.75) is 58.5 Å². The number of fused-ring (bicyclic) bond motifs is 1. The molecule has 0 spiro atoms. The standard InChI is InChI=1S/C29H41Cl2N7O.HI/c1-3-11-32-29(39)37-14-10-26-24(19-37)27(33-18-22-6-7-23(30)17-25(22)31)35-28(34-26)36-12-8-21(9-13-36)20-38(2)15-4-5-16-38;/h6-7,17,21H,3-5,8-16,18-20H2,1-2H3,(H-,32,33,34,35,39);1H. The number of piperidine rings is 1. The SMILES string of the molecule is CCCNC(=O)N1CCc2nc(N3CCC(C[N+]4(C)CCCC4)CC3)nc(NCc3ccc(Cl)cc3Cl)c2C1.[I-]. The molecule has 1 aromatic heterocycles. The van der Waals surface area contributed by atoms with Crippen LogP contribution in [-0.2, 0) is 19.5 Å². The van der Waals surface area contributed by atoms with Gasteiger partial charge in [-0.15, -0.1) is 0 Å². The maximum absolute atomic E-state index is 12.7. The van der Waals surface area contributed by atoms with E-state index in [-0.39, 0.29) is 30.0 Å². The molecular formula is C29H42Cl2IN7O. The van der Waals surface area contributed by atoms with E-state index in [9.17, 15) is 4.79 Å². The van der Waals surface area contributed by atoms with Gasteiger partial charge in [-0.2, -0.15) is 4.98 Å². The lowest BCUT2D eigenvalue weighted by Gasteiger charge is -2.38. The number of rotatable bonds is 8. The minimum absolute atomic E-state index is 0. The van der Waals surface area contributed by atoms with Crippen LogP contribution in [-0.4, -0.2) is 78.2 Å². The zero-order valence-corrected chi connectivity index (χ0v) is 27.4.